The molecule has 0 unspecified atom stereocenters. The summed E-state index contributed by atoms with van der Waals surface area (Å²) >= 11 is 0. The first-order valence-electron chi connectivity index (χ1n) is 8.82. The average molecular weight is 341 g/mol. The van der Waals surface area contributed by atoms with Crippen molar-refractivity contribution in [3.05, 3.63) is 35.9 Å². The number of hydrogen-bond donors (Lipinski definition) is 1. The van der Waals surface area contributed by atoms with Crippen LogP contribution in [-0.4, -0.2) is 54.8 Å². The second-order valence-electron chi connectivity index (χ2n) is 6.46. The average Bonchev–Trinajstić information content (AvgIpc) is 2.63. The largest absolute Gasteiger partial charge is 0.355 e. The van der Waals surface area contributed by atoms with Crippen molar-refractivity contribution < 1.29 is 9.59 Å². The van der Waals surface area contributed by atoms with Crippen LogP contribution in [0.1, 0.15) is 25.3 Å². The summed E-state index contributed by atoms with van der Waals surface area (Å²) in [4.78, 5) is 27.9. The van der Waals surface area contributed by atoms with E-state index < -0.39 is 0 Å². The number of likely N-dealkylation sites (tertiary alicyclic amines) is 1. The molecule has 2 rings (SSSR count). The molecule has 25 heavy (non-hydrogen) atoms. The van der Waals surface area contributed by atoms with Gasteiger partial charge in [0.25, 0.3) is 5.91 Å². The molecule has 1 saturated heterocycles. The summed E-state index contributed by atoms with van der Waals surface area (Å²) in [6.07, 6.45) is 1.42. The molecule has 0 radical (unpaired) electrons. The van der Waals surface area contributed by atoms with Gasteiger partial charge in [0.1, 0.15) is 0 Å². The van der Waals surface area contributed by atoms with Crippen LogP contribution >= 0.6 is 0 Å². The Kier molecular flexibility index (Phi) is 7.49. The number of carbonyl (C=O) groups excluding carboxylic acids is 2. The van der Waals surface area contributed by atoms with Gasteiger partial charge in [-0.1, -0.05) is 36.3 Å². The molecule has 0 spiro atoms. The molecule has 1 aromatic rings. The quantitative estimate of drug-likeness (QED) is 0.798. The summed E-state index contributed by atoms with van der Waals surface area (Å²) in [6, 6.07) is 10.3. The fourth-order valence-electron chi connectivity index (χ4n) is 3.02. The van der Waals surface area contributed by atoms with E-state index in [0.29, 0.717) is 32.5 Å². The molecule has 5 nitrogen and oxygen atoms in total. The third kappa shape index (κ3) is 6.24. The summed E-state index contributed by atoms with van der Waals surface area (Å²) < 4.78 is 0. The number of likely N-dealkylation sites (N-methyl/N-ethyl adjacent to an activating group) is 1. The second-order valence-corrected chi connectivity index (χ2v) is 6.46. The Hall–Kier alpha value is -2.32. The maximum Gasteiger partial charge on any atom is 0.298 e. The molecule has 1 heterocycles. The topological polar surface area (TPSA) is 52.7 Å². The lowest BCUT2D eigenvalue weighted by Crippen LogP contribution is -2.43. The van der Waals surface area contributed by atoms with Gasteiger partial charge in [-0.25, -0.2) is 0 Å². The fraction of sp³-hybridized carbons (Fsp3) is 0.500. The number of rotatable bonds is 6. The smallest absolute Gasteiger partial charge is 0.298 e. The van der Waals surface area contributed by atoms with Crippen LogP contribution in [0.25, 0.3) is 0 Å². The summed E-state index contributed by atoms with van der Waals surface area (Å²) in [7, 11) is 2.05. The summed E-state index contributed by atoms with van der Waals surface area (Å²) in [5.41, 5.74) is 1.27. The maximum atomic E-state index is 12.3. The van der Waals surface area contributed by atoms with Crippen LogP contribution < -0.4 is 5.32 Å². The molecular weight excluding hydrogens is 314 g/mol. The van der Waals surface area contributed by atoms with E-state index in [-0.39, 0.29) is 17.7 Å². The first-order valence-corrected chi connectivity index (χ1v) is 8.82. The molecule has 0 bridgehead atoms. The summed E-state index contributed by atoms with van der Waals surface area (Å²) in [5, 5.41) is 3.03. The maximum absolute atomic E-state index is 12.3. The van der Waals surface area contributed by atoms with E-state index in [1.165, 1.54) is 5.56 Å². The van der Waals surface area contributed by atoms with Gasteiger partial charge >= 0.3 is 0 Å². The summed E-state index contributed by atoms with van der Waals surface area (Å²) in [6.45, 7) is 5.20. The number of nitrogens with zero attached hydrogens (tertiary/aromatic N) is 2. The monoisotopic (exact) mass is 341 g/mol. The molecule has 134 valence electrons. The first-order chi connectivity index (χ1) is 12.1. The van der Waals surface area contributed by atoms with Gasteiger partial charge in [-0.05, 0) is 38.3 Å². The van der Waals surface area contributed by atoms with Gasteiger partial charge in [0.05, 0.1) is 0 Å². The van der Waals surface area contributed by atoms with E-state index in [2.05, 4.69) is 41.2 Å². The lowest BCUT2D eigenvalue weighted by molar-refractivity contribution is -0.131. The van der Waals surface area contributed by atoms with Crippen molar-refractivity contribution in [1.29, 1.82) is 0 Å². The minimum Gasteiger partial charge on any atom is -0.355 e. The minimum atomic E-state index is -0.135. The van der Waals surface area contributed by atoms with E-state index in [1.54, 1.807) is 11.8 Å². The Balaban J connectivity index is 1.65. The molecule has 1 aliphatic heterocycles. The van der Waals surface area contributed by atoms with Crippen LogP contribution in [0.2, 0.25) is 0 Å². The fourth-order valence-corrected chi connectivity index (χ4v) is 3.02. The normalized spacial score (nSPS) is 14.8. The van der Waals surface area contributed by atoms with Crippen LogP contribution in [0, 0.1) is 17.8 Å². The number of amides is 2. The van der Waals surface area contributed by atoms with Crippen molar-refractivity contribution >= 4 is 11.8 Å². The minimum absolute atomic E-state index is 0.00179. The molecule has 0 aromatic heterocycles. The highest BCUT2D eigenvalue weighted by atomic mass is 16.2. The third-order valence-electron chi connectivity index (χ3n) is 4.47. The molecule has 1 aliphatic rings. The number of carbonyl (C=O) groups is 2. The SMILES string of the molecule is CC#CC(=O)N1CCC(C(=O)NCCN(C)Cc2ccccc2)CC1. The number of nitrogens with one attached hydrogen (secondary N) is 1. The van der Waals surface area contributed by atoms with E-state index in [0.717, 1.165) is 13.1 Å². The van der Waals surface area contributed by atoms with Gasteiger partial charge in [-0.15, -0.1) is 0 Å². The molecule has 2 amide bonds. The molecule has 0 atom stereocenters. The highest BCUT2D eigenvalue weighted by Crippen LogP contribution is 2.17. The van der Waals surface area contributed by atoms with Gasteiger partial charge < -0.3 is 15.1 Å². The summed E-state index contributed by atoms with van der Waals surface area (Å²) in [5.74, 6) is 5.15. The number of piperidine rings is 1. The zero-order valence-corrected chi connectivity index (χ0v) is 15.1. The standard InChI is InChI=1S/C20H27N3O2/c1-3-7-19(24)23-13-10-18(11-14-23)20(25)21-12-15-22(2)16-17-8-5-4-6-9-17/h4-6,8-9,18H,10-16H2,1-2H3,(H,21,25). The molecule has 1 N–H and O–H groups in total. The van der Waals surface area contributed by atoms with Crippen molar-refractivity contribution in [3.63, 3.8) is 0 Å². The Morgan fingerprint density at radius 1 is 1.24 bits per heavy atom. The Labute approximate surface area is 150 Å². The Morgan fingerprint density at radius 2 is 1.92 bits per heavy atom. The third-order valence-corrected chi connectivity index (χ3v) is 4.47. The van der Waals surface area contributed by atoms with Crippen LogP contribution in [0.15, 0.2) is 30.3 Å². The van der Waals surface area contributed by atoms with Gasteiger partial charge in [-0.2, -0.15) is 0 Å². The predicted molar refractivity (Wildman–Crippen MR) is 98.5 cm³/mol. The van der Waals surface area contributed by atoms with Gasteiger partial charge in [0.15, 0.2) is 0 Å². The van der Waals surface area contributed by atoms with Crippen LogP contribution in [0.3, 0.4) is 0 Å². The van der Waals surface area contributed by atoms with Gasteiger partial charge in [0, 0.05) is 38.6 Å². The first kappa shape index (κ1) is 19.0. The number of benzene rings is 1. The highest BCUT2D eigenvalue weighted by molar-refractivity contribution is 5.93. The molecule has 5 heteroatoms. The highest BCUT2D eigenvalue weighted by Gasteiger charge is 2.26. The zero-order valence-electron chi connectivity index (χ0n) is 15.1. The van der Waals surface area contributed by atoms with Gasteiger partial charge in [-0.3, -0.25) is 9.59 Å². The van der Waals surface area contributed by atoms with Crippen LogP contribution in [0.4, 0.5) is 0 Å². The molecule has 0 saturated carbocycles. The molecule has 1 fully saturated rings. The van der Waals surface area contributed by atoms with E-state index in [4.69, 9.17) is 0 Å². The molecular formula is C20H27N3O2. The van der Waals surface area contributed by atoms with Crippen molar-refractivity contribution in [2.45, 2.75) is 26.3 Å². The lowest BCUT2D eigenvalue weighted by atomic mass is 9.96. The lowest BCUT2D eigenvalue weighted by Gasteiger charge is -2.30. The van der Waals surface area contributed by atoms with E-state index in [9.17, 15) is 9.59 Å². The predicted octanol–water partition coefficient (Wildman–Crippen LogP) is 1.50. The van der Waals surface area contributed by atoms with Crippen molar-refractivity contribution in [3.8, 4) is 11.8 Å². The van der Waals surface area contributed by atoms with Crippen molar-refractivity contribution in [2.24, 2.45) is 5.92 Å². The second kappa shape index (κ2) is 9.85. The number of hydrogen-bond acceptors (Lipinski definition) is 3. The zero-order chi connectivity index (χ0) is 18.1. The van der Waals surface area contributed by atoms with Gasteiger partial charge in [0.2, 0.25) is 5.91 Å². The molecule has 0 aliphatic carbocycles. The van der Waals surface area contributed by atoms with Crippen LogP contribution in [0.5, 0.6) is 0 Å². The van der Waals surface area contributed by atoms with Crippen LogP contribution in [-0.2, 0) is 16.1 Å². The van der Waals surface area contributed by atoms with Crippen molar-refractivity contribution in [2.75, 3.05) is 33.2 Å². The Bertz CT molecular complexity index is 625. The van der Waals surface area contributed by atoms with E-state index in [1.807, 2.05) is 18.2 Å². The molecule has 1 aromatic carbocycles. The van der Waals surface area contributed by atoms with Crippen molar-refractivity contribution in [1.82, 2.24) is 15.1 Å². The van der Waals surface area contributed by atoms with E-state index >= 15 is 0 Å². The Morgan fingerprint density at radius 3 is 2.56 bits per heavy atom.